The number of carbonyl (C=O) groups is 1. The maximum Gasteiger partial charge on any atom is 0.225 e. The van der Waals surface area contributed by atoms with E-state index in [4.69, 9.17) is 0 Å². The van der Waals surface area contributed by atoms with Crippen molar-refractivity contribution < 1.29 is 4.79 Å². The molecule has 0 saturated carbocycles. The number of nitrogens with one attached hydrogen (secondary N) is 2. The van der Waals surface area contributed by atoms with Gasteiger partial charge < -0.3 is 10.6 Å². The number of nitrogens with zero attached hydrogens (tertiary/aromatic N) is 1. The minimum absolute atomic E-state index is 0.0247. The van der Waals surface area contributed by atoms with Gasteiger partial charge in [-0.15, -0.1) is 0 Å². The lowest BCUT2D eigenvalue weighted by Gasteiger charge is -2.26. The first-order chi connectivity index (χ1) is 10.2. The molecule has 0 radical (unpaired) electrons. The SMILES string of the molecule is CC(NC(=O)C1CNc2ccccc2C1)c1cccnc1. The zero-order valence-electron chi connectivity index (χ0n) is 12.0. The average Bonchev–Trinajstić information content (AvgIpc) is 2.55. The summed E-state index contributed by atoms with van der Waals surface area (Å²) in [5.74, 6) is 0.0624. The lowest BCUT2D eigenvalue weighted by Crippen LogP contribution is -2.39. The zero-order chi connectivity index (χ0) is 14.7. The van der Waals surface area contributed by atoms with Crippen molar-refractivity contribution >= 4 is 11.6 Å². The van der Waals surface area contributed by atoms with Gasteiger partial charge in [0.15, 0.2) is 0 Å². The Labute approximate surface area is 124 Å². The van der Waals surface area contributed by atoms with Gasteiger partial charge in [0.2, 0.25) is 5.91 Å². The van der Waals surface area contributed by atoms with Crippen LogP contribution in [0.3, 0.4) is 0 Å². The van der Waals surface area contributed by atoms with E-state index in [1.807, 2.05) is 31.2 Å². The molecule has 2 heterocycles. The van der Waals surface area contributed by atoms with Crippen LogP contribution in [-0.4, -0.2) is 17.4 Å². The fourth-order valence-corrected chi connectivity index (χ4v) is 2.67. The summed E-state index contributed by atoms with van der Waals surface area (Å²) in [6.45, 7) is 2.67. The molecule has 4 nitrogen and oxygen atoms in total. The van der Waals surface area contributed by atoms with Gasteiger partial charge in [-0.3, -0.25) is 9.78 Å². The first-order valence-electron chi connectivity index (χ1n) is 7.26. The number of hydrogen-bond acceptors (Lipinski definition) is 3. The lowest BCUT2D eigenvalue weighted by molar-refractivity contribution is -0.125. The van der Waals surface area contributed by atoms with Gasteiger partial charge in [-0.25, -0.2) is 0 Å². The number of amides is 1. The van der Waals surface area contributed by atoms with Gasteiger partial charge in [0, 0.05) is 24.6 Å². The van der Waals surface area contributed by atoms with Gasteiger partial charge in [-0.2, -0.15) is 0 Å². The quantitative estimate of drug-likeness (QED) is 0.909. The molecule has 2 aromatic rings. The van der Waals surface area contributed by atoms with Crippen LogP contribution in [0.15, 0.2) is 48.8 Å². The highest BCUT2D eigenvalue weighted by Crippen LogP contribution is 2.24. The van der Waals surface area contributed by atoms with Crippen molar-refractivity contribution in [1.82, 2.24) is 10.3 Å². The summed E-state index contributed by atoms with van der Waals surface area (Å²) in [4.78, 5) is 16.5. The van der Waals surface area contributed by atoms with Crippen molar-refractivity contribution in [1.29, 1.82) is 0 Å². The van der Waals surface area contributed by atoms with Crippen molar-refractivity contribution in [2.45, 2.75) is 19.4 Å². The molecule has 0 spiro atoms. The normalized spacial score (nSPS) is 18.2. The highest BCUT2D eigenvalue weighted by atomic mass is 16.2. The minimum Gasteiger partial charge on any atom is -0.384 e. The van der Waals surface area contributed by atoms with E-state index in [0.29, 0.717) is 6.54 Å². The number of carbonyl (C=O) groups excluding carboxylic acids is 1. The van der Waals surface area contributed by atoms with Crippen molar-refractivity contribution in [3.05, 3.63) is 59.9 Å². The lowest BCUT2D eigenvalue weighted by atomic mass is 9.93. The first-order valence-corrected chi connectivity index (χ1v) is 7.26. The third-order valence-electron chi connectivity index (χ3n) is 3.94. The summed E-state index contributed by atoms with van der Waals surface area (Å²) in [5, 5.41) is 6.41. The Hall–Kier alpha value is -2.36. The van der Waals surface area contributed by atoms with Crippen LogP contribution in [0.4, 0.5) is 5.69 Å². The van der Waals surface area contributed by atoms with Gasteiger partial charge in [-0.05, 0) is 36.6 Å². The van der Waals surface area contributed by atoms with Crippen molar-refractivity contribution in [2.75, 3.05) is 11.9 Å². The molecule has 3 rings (SSSR count). The monoisotopic (exact) mass is 281 g/mol. The Morgan fingerprint density at radius 3 is 3.00 bits per heavy atom. The minimum atomic E-state index is -0.0287. The number of rotatable bonds is 3. The molecule has 0 bridgehead atoms. The highest BCUT2D eigenvalue weighted by molar-refractivity contribution is 5.81. The Bertz CT molecular complexity index is 627. The third kappa shape index (κ3) is 3.05. The largest absolute Gasteiger partial charge is 0.384 e. The standard InChI is InChI=1S/C17H19N3O/c1-12(14-6-4-8-18-10-14)20-17(21)15-9-13-5-2-3-7-16(13)19-11-15/h2-8,10,12,15,19H,9,11H2,1H3,(H,20,21). The van der Waals surface area contributed by atoms with Crippen LogP contribution in [0.1, 0.15) is 24.1 Å². The number of benzene rings is 1. The molecule has 1 aromatic heterocycles. The van der Waals surface area contributed by atoms with Crippen LogP contribution in [0.25, 0.3) is 0 Å². The highest BCUT2D eigenvalue weighted by Gasteiger charge is 2.25. The predicted octanol–water partition coefficient (Wildman–Crippen LogP) is 2.54. The van der Waals surface area contributed by atoms with Crippen LogP contribution in [0, 0.1) is 5.92 Å². The Kier molecular flexibility index (Phi) is 3.86. The van der Waals surface area contributed by atoms with E-state index < -0.39 is 0 Å². The smallest absolute Gasteiger partial charge is 0.225 e. The number of hydrogen-bond donors (Lipinski definition) is 2. The molecule has 1 aliphatic rings. The van der Waals surface area contributed by atoms with E-state index in [1.165, 1.54) is 5.56 Å². The van der Waals surface area contributed by atoms with E-state index in [2.05, 4.69) is 27.8 Å². The molecule has 21 heavy (non-hydrogen) atoms. The molecule has 2 atom stereocenters. The van der Waals surface area contributed by atoms with Gasteiger partial charge in [-0.1, -0.05) is 24.3 Å². The van der Waals surface area contributed by atoms with Crippen LogP contribution in [-0.2, 0) is 11.2 Å². The van der Waals surface area contributed by atoms with Gasteiger partial charge in [0.05, 0.1) is 12.0 Å². The molecule has 4 heteroatoms. The molecule has 1 aromatic carbocycles. The third-order valence-corrected chi connectivity index (χ3v) is 3.94. The first kappa shape index (κ1) is 13.6. The van der Waals surface area contributed by atoms with E-state index >= 15 is 0 Å². The summed E-state index contributed by atoms with van der Waals surface area (Å²) in [5.41, 5.74) is 3.37. The van der Waals surface area contributed by atoms with E-state index in [9.17, 15) is 4.79 Å². The van der Waals surface area contributed by atoms with Crippen LogP contribution in [0.2, 0.25) is 0 Å². The molecular weight excluding hydrogens is 262 g/mol. The zero-order valence-corrected chi connectivity index (χ0v) is 12.0. The number of fused-ring (bicyclic) bond motifs is 1. The molecule has 0 fully saturated rings. The molecular formula is C17H19N3O. The summed E-state index contributed by atoms with van der Waals surface area (Å²) in [6, 6.07) is 12.0. The number of aromatic nitrogens is 1. The second-order valence-corrected chi connectivity index (χ2v) is 5.46. The molecule has 1 aliphatic heterocycles. The summed E-state index contributed by atoms with van der Waals surface area (Å²) < 4.78 is 0. The maximum absolute atomic E-state index is 12.4. The summed E-state index contributed by atoms with van der Waals surface area (Å²) in [6.07, 6.45) is 4.31. The van der Waals surface area contributed by atoms with Gasteiger partial charge in [0.1, 0.15) is 0 Å². The molecule has 2 unspecified atom stereocenters. The fourth-order valence-electron chi connectivity index (χ4n) is 2.67. The van der Waals surface area contributed by atoms with Crippen LogP contribution in [0.5, 0.6) is 0 Å². The molecule has 0 saturated heterocycles. The molecule has 1 amide bonds. The van der Waals surface area contributed by atoms with Crippen molar-refractivity contribution in [2.24, 2.45) is 5.92 Å². The van der Waals surface area contributed by atoms with Gasteiger partial charge >= 0.3 is 0 Å². The summed E-state index contributed by atoms with van der Waals surface area (Å²) >= 11 is 0. The number of pyridine rings is 1. The topological polar surface area (TPSA) is 54.0 Å². The van der Waals surface area contributed by atoms with E-state index in [1.54, 1.807) is 12.4 Å². The number of anilines is 1. The predicted molar refractivity (Wildman–Crippen MR) is 82.9 cm³/mol. The van der Waals surface area contributed by atoms with Crippen LogP contribution >= 0.6 is 0 Å². The van der Waals surface area contributed by atoms with Crippen molar-refractivity contribution in [3.8, 4) is 0 Å². The fraction of sp³-hybridized carbons (Fsp3) is 0.294. The maximum atomic E-state index is 12.4. The van der Waals surface area contributed by atoms with Crippen molar-refractivity contribution in [3.63, 3.8) is 0 Å². The number of para-hydroxylation sites is 1. The summed E-state index contributed by atoms with van der Waals surface area (Å²) in [7, 11) is 0. The van der Waals surface area contributed by atoms with Crippen LogP contribution < -0.4 is 10.6 Å². The second-order valence-electron chi connectivity index (χ2n) is 5.46. The Balaban J connectivity index is 1.65. The second kappa shape index (κ2) is 5.95. The molecule has 108 valence electrons. The average molecular weight is 281 g/mol. The van der Waals surface area contributed by atoms with Gasteiger partial charge in [0.25, 0.3) is 0 Å². The molecule has 2 N–H and O–H groups in total. The Morgan fingerprint density at radius 1 is 1.33 bits per heavy atom. The molecule has 0 aliphatic carbocycles. The van der Waals surface area contributed by atoms with E-state index in [0.717, 1.165) is 17.7 Å². The Morgan fingerprint density at radius 2 is 2.19 bits per heavy atom. The van der Waals surface area contributed by atoms with E-state index in [-0.39, 0.29) is 17.9 Å².